The fraction of sp³-hybridized carbons (Fsp3) is 0.765. The number of amides is 1. The highest BCUT2D eigenvalue weighted by molar-refractivity contribution is 5.79. The number of carbonyl (C=O) groups excluding carboxylic acids is 2. The van der Waals surface area contributed by atoms with Crippen molar-refractivity contribution < 1.29 is 9.59 Å². The van der Waals surface area contributed by atoms with Gasteiger partial charge >= 0.3 is 0 Å². The van der Waals surface area contributed by atoms with Crippen LogP contribution in [-0.2, 0) is 9.59 Å². The van der Waals surface area contributed by atoms with Crippen LogP contribution in [0.5, 0.6) is 0 Å². The van der Waals surface area contributed by atoms with Crippen molar-refractivity contribution in [2.24, 2.45) is 11.3 Å². The molecule has 1 N–H and O–H groups in total. The maximum atomic E-state index is 11.5. The lowest BCUT2D eigenvalue weighted by atomic mass is 9.90. The molecule has 0 aliphatic carbocycles. The molecular formula is C17H33NO2. The number of nitrogens with one attached hydrogen (secondary N) is 1. The van der Waals surface area contributed by atoms with E-state index in [9.17, 15) is 9.59 Å². The quantitative estimate of drug-likeness (QED) is 0.588. The lowest BCUT2D eigenvalue weighted by Gasteiger charge is -2.18. The van der Waals surface area contributed by atoms with Gasteiger partial charge in [0.2, 0.25) is 5.91 Å². The molecule has 20 heavy (non-hydrogen) atoms. The van der Waals surface area contributed by atoms with Crippen molar-refractivity contribution in [3.63, 3.8) is 0 Å². The van der Waals surface area contributed by atoms with Gasteiger partial charge in [-0.2, -0.15) is 0 Å². The Kier molecular flexibility index (Phi) is 11.3. The van der Waals surface area contributed by atoms with Gasteiger partial charge < -0.3 is 10.1 Å². The average Bonchev–Trinajstić information content (AvgIpc) is 2.23. The van der Waals surface area contributed by atoms with Crippen LogP contribution in [0.1, 0.15) is 67.7 Å². The first-order valence-electron chi connectivity index (χ1n) is 7.37. The molecular weight excluding hydrogens is 250 g/mol. The van der Waals surface area contributed by atoms with Crippen molar-refractivity contribution >= 4 is 12.2 Å². The summed E-state index contributed by atoms with van der Waals surface area (Å²) >= 11 is 0. The lowest BCUT2D eigenvalue weighted by Crippen LogP contribution is -2.36. The van der Waals surface area contributed by atoms with E-state index in [1.54, 1.807) is 0 Å². The summed E-state index contributed by atoms with van der Waals surface area (Å²) in [6.07, 6.45) is 2.57. The van der Waals surface area contributed by atoms with Crippen LogP contribution >= 0.6 is 0 Å². The third-order valence-electron chi connectivity index (χ3n) is 2.18. The summed E-state index contributed by atoms with van der Waals surface area (Å²) in [7, 11) is 0. The minimum Gasteiger partial charge on any atom is -0.346 e. The number of aldehydes is 1. The van der Waals surface area contributed by atoms with Gasteiger partial charge in [-0.3, -0.25) is 4.79 Å². The summed E-state index contributed by atoms with van der Waals surface area (Å²) in [5, 5.41) is 2.70. The molecule has 0 spiro atoms. The number of rotatable bonds is 6. The Morgan fingerprint density at radius 3 is 2.00 bits per heavy atom. The van der Waals surface area contributed by atoms with Crippen molar-refractivity contribution in [3.8, 4) is 0 Å². The minimum absolute atomic E-state index is 0.0618. The van der Waals surface area contributed by atoms with E-state index in [1.165, 1.54) is 0 Å². The summed E-state index contributed by atoms with van der Waals surface area (Å²) < 4.78 is 0. The van der Waals surface area contributed by atoms with Crippen LogP contribution in [0, 0.1) is 11.3 Å². The zero-order chi connectivity index (χ0) is 16.3. The number of hydrogen-bond acceptors (Lipinski definition) is 2. The summed E-state index contributed by atoms with van der Waals surface area (Å²) in [5.41, 5.74) is 1.04. The SMILES string of the molecule is C=C(C)CC(C=O)NC(=O)CCC(C)(C)C.CC(C)C. The lowest BCUT2D eigenvalue weighted by molar-refractivity contribution is -0.124. The van der Waals surface area contributed by atoms with Crippen LogP contribution in [0.15, 0.2) is 12.2 Å². The van der Waals surface area contributed by atoms with Gasteiger partial charge in [0.15, 0.2) is 0 Å². The first kappa shape index (κ1) is 21.2. The first-order chi connectivity index (χ1) is 8.97. The van der Waals surface area contributed by atoms with E-state index in [1.807, 2.05) is 6.92 Å². The second kappa shape index (κ2) is 10.6. The highest BCUT2D eigenvalue weighted by Crippen LogP contribution is 2.20. The molecule has 1 amide bonds. The third-order valence-corrected chi connectivity index (χ3v) is 2.18. The Bertz CT molecular complexity index is 298. The zero-order valence-electron chi connectivity index (χ0n) is 14.4. The van der Waals surface area contributed by atoms with Gasteiger partial charge in [0.25, 0.3) is 0 Å². The largest absolute Gasteiger partial charge is 0.346 e. The standard InChI is InChI=1S/C13H23NO2.C4H10/c1-10(2)8-11(9-15)14-12(16)6-7-13(3,4)5;1-4(2)3/h9,11H,1,6-8H2,2-5H3,(H,14,16);4H,1-3H3. The van der Waals surface area contributed by atoms with Crippen molar-refractivity contribution in [1.29, 1.82) is 0 Å². The van der Waals surface area contributed by atoms with Gasteiger partial charge in [0.05, 0.1) is 6.04 Å². The summed E-state index contributed by atoms with van der Waals surface area (Å²) in [6.45, 7) is 18.3. The molecule has 0 heterocycles. The van der Waals surface area contributed by atoms with Crippen molar-refractivity contribution in [3.05, 3.63) is 12.2 Å². The van der Waals surface area contributed by atoms with Crippen LogP contribution in [0.2, 0.25) is 0 Å². The van der Waals surface area contributed by atoms with Gasteiger partial charge in [-0.05, 0) is 31.1 Å². The van der Waals surface area contributed by atoms with Crippen LogP contribution in [0.25, 0.3) is 0 Å². The Morgan fingerprint density at radius 2 is 1.70 bits per heavy atom. The molecule has 3 heteroatoms. The molecule has 1 unspecified atom stereocenters. The van der Waals surface area contributed by atoms with Crippen LogP contribution in [0.3, 0.4) is 0 Å². The van der Waals surface area contributed by atoms with Crippen LogP contribution < -0.4 is 5.32 Å². The Hall–Kier alpha value is -1.12. The average molecular weight is 283 g/mol. The minimum atomic E-state index is -0.426. The maximum Gasteiger partial charge on any atom is 0.220 e. The van der Waals surface area contributed by atoms with Crippen molar-refractivity contribution in [2.75, 3.05) is 0 Å². The van der Waals surface area contributed by atoms with E-state index >= 15 is 0 Å². The molecule has 0 aromatic heterocycles. The third kappa shape index (κ3) is 19.2. The van der Waals surface area contributed by atoms with Crippen molar-refractivity contribution in [2.45, 2.75) is 73.8 Å². The van der Waals surface area contributed by atoms with Crippen LogP contribution in [0.4, 0.5) is 0 Å². The fourth-order valence-electron chi connectivity index (χ4n) is 1.28. The molecule has 3 nitrogen and oxygen atoms in total. The predicted molar refractivity (Wildman–Crippen MR) is 86.6 cm³/mol. The van der Waals surface area contributed by atoms with E-state index in [-0.39, 0.29) is 11.3 Å². The highest BCUT2D eigenvalue weighted by atomic mass is 16.2. The first-order valence-corrected chi connectivity index (χ1v) is 7.37. The second-order valence-electron chi connectivity index (χ2n) is 7.26. The molecule has 118 valence electrons. The molecule has 0 bridgehead atoms. The second-order valence-corrected chi connectivity index (χ2v) is 7.26. The molecule has 0 saturated heterocycles. The van der Waals surface area contributed by atoms with Gasteiger partial charge in [0.1, 0.15) is 6.29 Å². The highest BCUT2D eigenvalue weighted by Gasteiger charge is 2.15. The number of carbonyl (C=O) groups is 2. The zero-order valence-corrected chi connectivity index (χ0v) is 14.4. The van der Waals surface area contributed by atoms with E-state index < -0.39 is 6.04 Å². The van der Waals surface area contributed by atoms with E-state index in [0.29, 0.717) is 12.8 Å². The van der Waals surface area contributed by atoms with E-state index in [2.05, 4.69) is 53.4 Å². The molecule has 0 fully saturated rings. The predicted octanol–water partition coefficient (Wildman–Crippen LogP) is 4.12. The smallest absolute Gasteiger partial charge is 0.220 e. The van der Waals surface area contributed by atoms with Gasteiger partial charge in [0, 0.05) is 6.42 Å². The fourth-order valence-corrected chi connectivity index (χ4v) is 1.28. The van der Waals surface area contributed by atoms with Crippen molar-refractivity contribution in [1.82, 2.24) is 5.32 Å². The molecule has 0 aromatic carbocycles. The van der Waals surface area contributed by atoms with Gasteiger partial charge in [-0.15, -0.1) is 6.58 Å². The Balaban J connectivity index is 0. The molecule has 0 rings (SSSR count). The van der Waals surface area contributed by atoms with Crippen LogP contribution in [-0.4, -0.2) is 18.2 Å². The topological polar surface area (TPSA) is 46.2 Å². The maximum absolute atomic E-state index is 11.5. The number of hydrogen-bond donors (Lipinski definition) is 1. The molecule has 0 saturated carbocycles. The van der Waals surface area contributed by atoms with Gasteiger partial charge in [-0.25, -0.2) is 0 Å². The molecule has 0 radical (unpaired) electrons. The summed E-state index contributed by atoms with van der Waals surface area (Å²) in [5.74, 6) is 0.772. The molecule has 0 aliphatic heterocycles. The molecule has 1 atom stereocenters. The van der Waals surface area contributed by atoms with E-state index in [0.717, 1.165) is 24.2 Å². The normalized spacial score (nSPS) is 12.2. The van der Waals surface area contributed by atoms with Gasteiger partial charge in [-0.1, -0.05) is 47.1 Å². The Labute approximate surface area is 125 Å². The molecule has 0 aliphatic rings. The van der Waals surface area contributed by atoms with E-state index in [4.69, 9.17) is 0 Å². The Morgan fingerprint density at radius 1 is 1.25 bits per heavy atom. The monoisotopic (exact) mass is 283 g/mol. The molecule has 0 aromatic rings. The summed E-state index contributed by atoms with van der Waals surface area (Å²) in [4.78, 5) is 22.3. The summed E-state index contributed by atoms with van der Waals surface area (Å²) in [6, 6.07) is -0.426.